The molecule has 0 aliphatic rings. The third-order valence-corrected chi connectivity index (χ3v) is 3.88. The molecule has 0 saturated heterocycles. The van der Waals surface area contributed by atoms with Crippen LogP contribution in [0.1, 0.15) is 20.7 Å². The van der Waals surface area contributed by atoms with E-state index in [4.69, 9.17) is 16.3 Å². The van der Waals surface area contributed by atoms with Crippen LogP contribution < -0.4 is 10.1 Å². The number of esters is 1. The highest BCUT2D eigenvalue weighted by Gasteiger charge is 2.14. The standard InChI is InChI=1S/C19H19ClN2O5/c1-22(2)19(25)13-7-8-15(20)16(10-13)21-18(24)12-5-4-6-14(9-12)27-11-17(23)26-3/h4-10H,11H2,1-3H3,(H,21,24). The van der Waals surface area contributed by atoms with Gasteiger partial charge in [-0.1, -0.05) is 17.7 Å². The molecule has 1 N–H and O–H groups in total. The molecule has 2 aromatic rings. The molecule has 142 valence electrons. The Kier molecular flexibility index (Phi) is 6.79. The van der Waals surface area contributed by atoms with Crippen molar-refractivity contribution in [1.29, 1.82) is 0 Å². The summed E-state index contributed by atoms with van der Waals surface area (Å²) in [5, 5.41) is 2.98. The molecule has 0 radical (unpaired) electrons. The van der Waals surface area contributed by atoms with E-state index in [2.05, 4.69) is 10.1 Å². The molecule has 2 rings (SSSR count). The van der Waals surface area contributed by atoms with Gasteiger partial charge in [0.1, 0.15) is 5.75 Å². The lowest BCUT2D eigenvalue weighted by atomic mass is 10.1. The number of rotatable bonds is 6. The van der Waals surface area contributed by atoms with Crippen LogP contribution in [0.2, 0.25) is 5.02 Å². The summed E-state index contributed by atoms with van der Waals surface area (Å²) < 4.78 is 9.77. The Bertz CT molecular complexity index is 867. The first-order chi connectivity index (χ1) is 12.8. The summed E-state index contributed by atoms with van der Waals surface area (Å²) in [4.78, 5) is 37.2. The molecule has 0 aliphatic heterocycles. The Balaban J connectivity index is 2.16. The van der Waals surface area contributed by atoms with Crippen molar-refractivity contribution >= 4 is 35.1 Å². The number of nitrogens with one attached hydrogen (secondary N) is 1. The summed E-state index contributed by atoms with van der Waals surface area (Å²) >= 11 is 6.13. The SMILES string of the molecule is COC(=O)COc1cccc(C(=O)Nc2cc(C(=O)N(C)C)ccc2Cl)c1. The lowest BCUT2D eigenvalue weighted by molar-refractivity contribution is -0.142. The Labute approximate surface area is 161 Å². The van der Waals surface area contributed by atoms with Crippen LogP contribution in [-0.2, 0) is 9.53 Å². The van der Waals surface area contributed by atoms with Crippen LogP contribution in [0.5, 0.6) is 5.75 Å². The Morgan fingerprint density at radius 1 is 1.07 bits per heavy atom. The highest BCUT2D eigenvalue weighted by atomic mass is 35.5. The van der Waals surface area contributed by atoms with Crippen LogP contribution in [0.25, 0.3) is 0 Å². The van der Waals surface area contributed by atoms with Crippen LogP contribution in [-0.4, -0.2) is 50.5 Å². The first-order valence-corrected chi connectivity index (χ1v) is 8.32. The zero-order valence-electron chi connectivity index (χ0n) is 15.1. The maximum Gasteiger partial charge on any atom is 0.343 e. The molecule has 0 heterocycles. The minimum Gasteiger partial charge on any atom is -0.482 e. The van der Waals surface area contributed by atoms with Gasteiger partial charge in [-0.05, 0) is 36.4 Å². The molecule has 0 bridgehead atoms. The lowest BCUT2D eigenvalue weighted by Crippen LogP contribution is -2.22. The second-order valence-corrected chi connectivity index (χ2v) is 6.15. The number of ether oxygens (including phenoxy) is 2. The number of carbonyl (C=O) groups excluding carboxylic acids is 3. The summed E-state index contributed by atoms with van der Waals surface area (Å²) in [6.45, 7) is -0.262. The molecular formula is C19H19ClN2O5. The van der Waals surface area contributed by atoms with Gasteiger partial charge in [0.25, 0.3) is 11.8 Å². The summed E-state index contributed by atoms with van der Waals surface area (Å²) in [6, 6.07) is 11.0. The number of benzene rings is 2. The van der Waals surface area contributed by atoms with Crippen LogP contribution in [0.15, 0.2) is 42.5 Å². The average Bonchev–Trinajstić information content (AvgIpc) is 2.67. The van der Waals surface area contributed by atoms with E-state index in [1.54, 1.807) is 44.4 Å². The first kappa shape index (κ1) is 20.3. The van der Waals surface area contributed by atoms with Crippen molar-refractivity contribution in [1.82, 2.24) is 4.90 Å². The highest BCUT2D eigenvalue weighted by molar-refractivity contribution is 6.34. The second-order valence-electron chi connectivity index (χ2n) is 5.74. The van der Waals surface area contributed by atoms with Crippen molar-refractivity contribution < 1.29 is 23.9 Å². The number of nitrogens with zero attached hydrogens (tertiary/aromatic N) is 1. The second kappa shape index (κ2) is 9.05. The molecule has 0 spiro atoms. The van der Waals surface area contributed by atoms with E-state index < -0.39 is 11.9 Å². The topological polar surface area (TPSA) is 84.9 Å². The summed E-state index contributed by atoms with van der Waals surface area (Å²) in [5.74, 6) is -0.829. The monoisotopic (exact) mass is 390 g/mol. The normalized spacial score (nSPS) is 10.1. The molecule has 0 fully saturated rings. The fourth-order valence-corrected chi connectivity index (χ4v) is 2.30. The molecule has 0 saturated carbocycles. The summed E-state index contributed by atoms with van der Waals surface area (Å²) in [6.07, 6.45) is 0. The number of halogens is 1. The zero-order chi connectivity index (χ0) is 20.0. The number of amides is 2. The number of methoxy groups -OCH3 is 1. The maximum absolute atomic E-state index is 12.5. The smallest absolute Gasteiger partial charge is 0.343 e. The molecule has 0 unspecified atom stereocenters. The van der Waals surface area contributed by atoms with E-state index in [1.165, 1.54) is 24.1 Å². The molecule has 27 heavy (non-hydrogen) atoms. The van der Waals surface area contributed by atoms with Gasteiger partial charge >= 0.3 is 5.97 Å². The molecular weight excluding hydrogens is 372 g/mol. The van der Waals surface area contributed by atoms with E-state index in [1.807, 2.05) is 0 Å². The predicted molar refractivity (Wildman–Crippen MR) is 101 cm³/mol. The fourth-order valence-electron chi connectivity index (χ4n) is 2.14. The third-order valence-electron chi connectivity index (χ3n) is 3.55. The summed E-state index contributed by atoms with van der Waals surface area (Å²) in [5.41, 5.74) is 1.02. The predicted octanol–water partition coefficient (Wildman–Crippen LogP) is 2.85. The number of anilines is 1. The fraction of sp³-hybridized carbons (Fsp3) is 0.211. The minimum absolute atomic E-state index is 0.208. The zero-order valence-corrected chi connectivity index (χ0v) is 15.9. The average molecular weight is 391 g/mol. The highest BCUT2D eigenvalue weighted by Crippen LogP contribution is 2.25. The number of hydrogen-bond donors (Lipinski definition) is 1. The van der Waals surface area contributed by atoms with Gasteiger partial charge in [0.15, 0.2) is 6.61 Å². The molecule has 0 aromatic heterocycles. The van der Waals surface area contributed by atoms with Crippen molar-refractivity contribution in [3.05, 3.63) is 58.6 Å². The Morgan fingerprint density at radius 2 is 1.81 bits per heavy atom. The van der Waals surface area contributed by atoms with Gasteiger partial charge in [0.05, 0.1) is 17.8 Å². The van der Waals surface area contributed by atoms with Crippen molar-refractivity contribution in [3.63, 3.8) is 0 Å². The van der Waals surface area contributed by atoms with Crippen LogP contribution in [0, 0.1) is 0 Å². The maximum atomic E-state index is 12.5. The van der Waals surface area contributed by atoms with E-state index in [0.717, 1.165) is 0 Å². The summed E-state index contributed by atoms with van der Waals surface area (Å²) in [7, 11) is 4.53. The van der Waals surface area contributed by atoms with E-state index in [-0.39, 0.29) is 12.5 Å². The molecule has 2 aromatic carbocycles. The molecule has 8 heteroatoms. The van der Waals surface area contributed by atoms with Gasteiger partial charge in [-0.25, -0.2) is 4.79 Å². The van der Waals surface area contributed by atoms with Gasteiger partial charge in [-0.3, -0.25) is 9.59 Å². The van der Waals surface area contributed by atoms with Crippen molar-refractivity contribution in [2.75, 3.05) is 33.1 Å². The lowest BCUT2D eigenvalue weighted by Gasteiger charge is -2.13. The van der Waals surface area contributed by atoms with Gasteiger partial charge in [0, 0.05) is 25.2 Å². The molecule has 0 aliphatic carbocycles. The minimum atomic E-state index is -0.529. The van der Waals surface area contributed by atoms with E-state index in [0.29, 0.717) is 27.6 Å². The van der Waals surface area contributed by atoms with E-state index >= 15 is 0 Å². The van der Waals surface area contributed by atoms with E-state index in [9.17, 15) is 14.4 Å². The van der Waals surface area contributed by atoms with Crippen LogP contribution in [0.4, 0.5) is 5.69 Å². The number of hydrogen-bond acceptors (Lipinski definition) is 5. The number of carbonyl (C=O) groups is 3. The van der Waals surface area contributed by atoms with Crippen molar-refractivity contribution in [2.24, 2.45) is 0 Å². The molecule has 0 atom stereocenters. The largest absolute Gasteiger partial charge is 0.482 e. The molecule has 2 amide bonds. The van der Waals surface area contributed by atoms with Gasteiger partial charge in [-0.15, -0.1) is 0 Å². The van der Waals surface area contributed by atoms with Gasteiger partial charge in [-0.2, -0.15) is 0 Å². The van der Waals surface area contributed by atoms with Crippen LogP contribution in [0.3, 0.4) is 0 Å². The van der Waals surface area contributed by atoms with Crippen molar-refractivity contribution in [3.8, 4) is 5.75 Å². The van der Waals surface area contributed by atoms with Gasteiger partial charge < -0.3 is 19.7 Å². The Morgan fingerprint density at radius 3 is 2.48 bits per heavy atom. The quantitative estimate of drug-likeness (QED) is 0.766. The Hall–Kier alpha value is -3.06. The van der Waals surface area contributed by atoms with Gasteiger partial charge in [0.2, 0.25) is 0 Å². The molecule has 7 nitrogen and oxygen atoms in total. The first-order valence-electron chi connectivity index (χ1n) is 7.94. The third kappa shape index (κ3) is 5.46. The van der Waals surface area contributed by atoms with Crippen molar-refractivity contribution in [2.45, 2.75) is 0 Å². The van der Waals surface area contributed by atoms with Crippen LogP contribution >= 0.6 is 11.6 Å².